The number of likely N-dealkylation sites (N-methyl/N-ethyl adjacent to an activating group) is 1. The van der Waals surface area contributed by atoms with Gasteiger partial charge in [0, 0.05) is 44.8 Å². The largest absolute Gasteiger partial charge is 0.371 e. The third kappa shape index (κ3) is 6.15. The first-order valence-electron chi connectivity index (χ1n) is 9.13. The molecule has 0 aromatic carbocycles. The van der Waals surface area contributed by atoms with Crippen molar-refractivity contribution in [1.29, 1.82) is 0 Å². The number of anilines is 1. The van der Waals surface area contributed by atoms with Gasteiger partial charge in [0.15, 0.2) is 0 Å². The van der Waals surface area contributed by atoms with E-state index in [0.717, 1.165) is 38.9 Å². The highest BCUT2D eigenvalue weighted by Crippen LogP contribution is 2.25. The highest BCUT2D eigenvalue weighted by molar-refractivity contribution is 5.85. The molecular weight excluding hydrogens is 336 g/mol. The van der Waals surface area contributed by atoms with Crippen molar-refractivity contribution in [3.05, 3.63) is 24.5 Å². The second kappa shape index (κ2) is 9.97. The Morgan fingerprint density at radius 1 is 1.36 bits per heavy atom. The minimum Gasteiger partial charge on any atom is -0.371 e. The Labute approximate surface area is 158 Å². The first-order chi connectivity index (χ1) is 11.4. The van der Waals surface area contributed by atoms with Gasteiger partial charge in [-0.3, -0.25) is 9.78 Å². The van der Waals surface area contributed by atoms with Gasteiger partial charge < -0.3 is 15.5 Å². The van der Waals surface area contributed by atoms with Gasteiger partial charge in [-0.15, -0.1) is 12.4 Å². The van der Waals surface area contributed by atoms with Gasteiger partial charge in [0.25, 0.3) is 0 Å². The van der Waals surface area contributed by atoms with E-state index < -0.39 is 5.54 Å². The summed E-state index contributed by atoms with van der Waals surface area (Å²) in [5, 5.41) is 0. The smallest absolute Gasteiger partial charge is 0.242 e. The number of nitrogens with zero attached hydrogens (tertiary/aromatic N) is 3. The van der Waals surface area contributed by atoms with Crippen LogP contribution in [-0.2, 0) is 4.79 Å². The van der Waals surface area contributed by atoms with Gasteiger partial charge in [0.2, 0.25) is 5.91 Å². The lowest BCUT2D eigenvalue weighted by Gasteiger charge is -2.35. The zero-order chi connectivity index (χ0) is 17.6. The van der Waals surface area contributed by atoms with Crippen molar-refractivity contribution in [3.8, 4) is 0 Å². The zero-order valence-corrected chi connectivity index (χ0v) is 16.6. The standard InChI is InChI=1S/C19H32N4O.ClH/c1-4-10-19(2,20)18(24)22(3)13-7-16-8-14-23(15-9-16)17-5-11-21-12-6-17;/h5-6,11-12,16H,4,7-10,13-15,20H2,1-3H3;1H. The van der Waals surface area contributed by atoms with Crippen LogP contribution in [0.15, 0.2) is 24.5 Å². The number of pyridine rings is 1. The Kier molecular flexibility index (Phi) is 8.66. The van der Waals surface area contributed by atoms with Crippen LogP contribution in [0.2, 0.25) is 0 Å². The van der Waals surface area contributed by atoms with Crippen LogP contribution >= 0.6 is 12.4 Å². The number of piperidine rings is 1. The van der Waals surface area contributed by atoms with Crippen LogP contribution in [0.25, 0.3) is 0 Å². The fourth-order valence-electron chi connectivity index (χ4n) is 3.57. The molecule has 0 bridgehead atoms. The molecule has 2 rings (SSSR count). The number of aromatic nitrogens is 1. The van der Waals surface area contributed by atoms with Crippen LogP contribution in [0.4, 0.5) is 5.69 Å². The van der Waals surface area contributed by atoms with Crippen LogP contribution in [0.3, 0.4) is 0 Å². The molecule has 1 aliphatic rings. The Morgan fingerprint density at radius 2 is 1.96 bits per heavy atom. The van der Waals surface area contributed by atoms with Gasteiger partial charge in [-0.05, 0) is 50.7 Å². The molecule has 1 aliphatic heterocycles. The average Bonchev–Trinajstić information content (AvgIpc) is 2.60. The maximum atomic E-state index is 12.5. The average molecular weight is 369 g/mol. The van der Waals surface area contributed by atoms with Gasteiger partial charge in [0.05, 0.1) is 5.54 Å². The summed E-state index contributed by atoms with van der Waals surface area (Å²) in [4.78, 5) is 20.8. The van der Waals surface area contributed by atoms with Crippen molar-refractivity contribution < 1.29 is 4.79 Å². The van der Waals surface area contributed by atoms with Gasteiger partial charge in [-0.2, -0.15) is 0 Å². The van der Waals surface area contributed by atoms with Crippen molar-refractivity contribution >= 4 is 24.0 Å². The van der Waals surface area contributed by atoms with Gasteiger partial charge in [-0.1, -0.05) is 13.3 Å². The Bertz CT molecular complexity index is 515. The normalized spacial score (nSPS) is 17.5. The van der Waals surface area contributed by atoms with Gasteiger partial charge in [0.1, 0.15) is 0 Å². The van der Waals surface area contributed by atoms with Gasteiger partial charge in [-0.25, -0.2) is 0 Å². The molecule has 1 atom stereocenters. The van der Waals surface area contributed by atoms with E-state index in [4.69, 9.17) is 5.73 Å². The molecule has 0 spiro atoms. The molecular formula is C19H33ClN4O. The molecule has 1 unspecified atom stereocenters. The van der Waals surface area contributed by atoms with E-state index in [1.165, 1.54) is 18.5 Å². The second-order valence-corrected chi connectivity index (χ2v) is 7.32. The third-order valence-electron chi connectivity index (χ3n) is 5.12. The van der Waals surface area contributed by atoms with E-state index in [2.05, 4.69) is 28.9 Å². The van der Waals surface area contributed by atoms with E-state index >= 15 is 0 Å². The fraction of sp³-hybridized carbons (Fsp3) is 0.684. The lowest BCUT2D eigenvalue weighted by atomic mass is 9.92. The van der Waals surface area contributed by atoms with Crippen LogP contribution in [0, 0.1) is 5.92 Å². The van der Waals surface area contributed by atoms with Gasteiger partial charge >= 0.3 is 0 Å². The molecule has 1 saturated heterocycles. The number of nitrogens with two attached hydrogens (primary N) is 1. The molecule has 1 aromatic rings. The maximum Gasteiger partial charge on any atom is 0.242 e. The lowest BCUT2D eigenvalue weighted by Crippen LogP contribution is -2.52. The number of rotatable bonds is 7. The molecule has 1 fully saturated rings. The Hall–Kier alpha value is -1.33. The molecule has 0 saturated carbocycles. The molecule has 1 aromatic heterocycles. The second-order valence-electron chi connectivity index (χ2n) is 7.32. The van der Waals surface area contributed by atoms with Crippen LogP contribution in [0.5, 0.6) is 0 Å². The molecule has 5 nitrogen and oxygen atoms in total. The highest BCUT2D eigenvalue weighted by Gasteiger charge is 2.30. The minimum absolute atomic E-state index is 0. The molecule has 6 heteroatoms. The van der Waals surface area contributed by atoms with E-state index in [9.17, 15) is 4.79 Å². The molecule has 2 N–H and O–H groups in total. The van der Waals surface area contributed by atoms with Crippen molar-refractivity contribution in [3.63, 3.8) is 0 Å². The summed E-state index contributed by atoms with van der Waals surface area (Å²) in [5.74, 6) is 0.757. The van der Waals surface area contributed by atoms with Crippen molar-refractivity contribution in [2.75, 3.05) is 31.6 Å². The SMILES string of the molecule is CCCC(C)(N)C(=O)N(C)CCC1CCN(c2ccncc2)CC1.Cl. The summed E-state index contributed by atoms with van der Waals surface area (Å²) in [7, 11) is 1.88. The number of halogens is 1. The summed E-state index contributed by atoms with van der Waals surface area (Å²) >= 11 is 0. The first-order valence-corrected chi connectivity index (χ1v) is 9.13. The molecule has 0 radical (unpaired) electrons. The minimum atomic E-state index is -0.728. The highest BCUT2D eigenvalue weighted by atomic mass is 35.5. The van der Waals surface area contributed by atoms with E-state index in [1.54, 1.807) is 0 Å². The molecule has 25 heavy (non-hydrogen) atoms. The van der Waals surface area contributed by atoms with E-state index in [0.29, 0.717) is 5.92 Å². The summed E-state index contributed by atoms with van der Waals surface area (Å²) in [6.07, 6.45) is 8.79. The Balaban J connectivity index is 0.00000312. The number of carbonyl (C=O) groups excluding carboxylic acids is 1. The summed E-state index contributed by atoms with van der Waals surface area (Å²) in [6, 6.07) is 4.14. The fourth-order valence-corrected chi connectivity index (χ4v) is 3.57. The molecule has 142 valence electrons. The molecule has 2 heterocycles. The van der Waals surface area contributed by atoms with E-state index in [1.807, 2.05) is 31.3 Å². The van der Waals surface area contributed by atoms with Crippen LogP contribution in [-0.4, -0.2) is 48.0 Å². The summed E-state index contributed by atoms with van der Waals surface area (Å²) in [5.41, 5.74) is 6.69. The number of hydrogen-bond acceptors (Lipinski definition) is 4. The number of hydrogen-bond donors (Lipinski definition) is 1. The Morgan fingerprint density at radius 3 is 2.52 bits per heavy atom. The first kappa shape index (κ1) is 21.7. The third-order valence-corrected chi connectivity index (χ3v) is 5.12. The quantitative estimate of drug-likeness (QED) is 0.803. The molecule has 0 aliphatic carbocycles. The monoisotopic (exact) mass is 368 g/mol. The predicted molar refractivity (Wildman–Crippen MR) is 106 cm³/mol. The summed E-state index contributed by atoms with van der Waals surface area (Å²) < 4.78 is 0. The predicted octanol–water partition coefficient (Wildman–Crippen LogP) is 3.09. The van der Waals surface area contributed by atoms with Crippen LogP contribution in [0.1, 0.15) is 46.0 Å². The zero-order valence-electron chi connectivity index (χ0n) is 15.8. The maximum absolute atomic E-state index is 12.5. The van der Waals surface area contributed by atoms with Crippen molar-refractivity contribution in [1.82, 2.24) is 9.88 Å². The lowest BCUT2D eigenvalue weighted by molar-refractivity contribution is -0.135. The van der Waals surface area contributed by atoms with Crippen LogP contribution < -0.4 is 10.6 Å². The molecule has 1 amide bonds. The number of amides is 1. The summed E-state index contributed by atoms with van der Waals surface area (Å²) in [6.45, 7) is 6.88. The van der Waals surface area contributed by atoms with E-state index in [-0.39, 0.29) is 18.3 Å². The topological polar surface area (TPSA) is 62.5 Å². The number of carbonyl (C=O) groups is 1. The van der Waals surface area contributed by atoms with Crippen molar-refractivity contribution in [2.45, 2.75) is 51.5 Å². The van der Waals surface area contributed by atoms with Crippen molar-refractivity contribution in [2.24, 2.45) is 11.7 Å².